The molecule has 0 amide bonds. The molecule has 0 saturated heterocycles. The standard InChI is InChI=1S/C7H4Cl3N3O/c8-5-1-4-3-12(10)11-13(14)7(4)2-6(5)9/h1-2H,3H2. The van der Waals surface area contributed by atoms with Gasteiger partial charge in [-0.05, 0) is 6.07 Å². The maximum Gasteiger partial charge on any atom is 0.164 e. The van der Waals surface area contributed by atoms with Crippen LogP contribution in [0.3, 0.4) is 0 Å². The van der Waals surface area contributed by atoms with Gasteiger partial charge < -0.3 is 5.21 Å². The van der Waals surface area contributed by atoms with Crippen LogP contribution in [-0.4, -0.2) is 9.39 Å². The van der Waals surface area contributed by atoms with E-state index in [0.717, 1.165) is 4.53 Å². The Morgan fingerprint density at radius 3 is 2.71 bits per heavy atom. The van der Waals surface area contributed by atoms with E-state index < -0.39 is 0 Å². The van der Waals surface area contributed by atoms with Crippen molar-refractivity contribution in [3.63, 3.8) is 0 Å². The zero-order chi connectivity index (χ0) is 10.3. The molecule has 0 atom stereocenters. The summed E-state index contributed by atoms with van der Waals surface area (Å²) in [5.74, 6) is 0. The summed E-state index contributed by atoms with van der Waals surface area (Å²) in [6.07, 6.45) is 0. The summed E-state index contributed by atoms with van der Waals surface area (Å²) in [6.45, 7) is 0.326. The predicted octanol–water partition coefficient (Wildman–Crippen LogP) is 3.47. The van der Waals surface area contributed by atoms with Gasteiger partial charge in [-0.25, -0.2) is 0 Å². The third-order valence-electron chi connectivity index (χ3n) is 1.81. The molecule has 4 nitrogen and oxygen atoms in total. The summed E-state index contributed by atoms with van der Waals surface area (Å²) in [7, 11) is 0. The second-order valence-corrected chi connectivity index (χ2v) is 3.96. The first-order chi connectivity index (χ1) is 6.58. The van der Waals surface area contributed by atoms with Crippen LogP contribution in [0.4, 0.5) is 5.69 Å². The normalized spacial score (nSPS) is 15.1. The Balaban J connectivity index is 2.59. The van der Waals surface area contributed by atoms with E-state index in [9.17, 15) is 5.21 Å². The van der Waals surface area contributed by atoms with E-state index in [1.807, 2.05) is 0 Å². The minimum Gasteiger partial charge on any atom is -0.691 e. The lowest BCUT2D eigenvalue weighted by atomic mass is 10.2. The minimum atomic E-state index is 0.324. The maximum absolute atomic E-state index is 11.3. The number of fused-ring (bicyclic) bond motifs is 1. The fraction of sp³-hybridized carbons (Fsp3) is 0.143. The molecule has 7 heteroatoms. The molecule has 0 fully saturated rings. The van der Waals surface area contributed by atoms with E-state index in [-0.39, 0.29) is 0 Å². The van der Waals surface area contributed by atoms with E-state index in [2.05, 4.69) is 5.22 Å². The number of hydrogen-bond donors (Lipinski definition) is 0. The van der Waals surface area contributed by atoms with Crippen LogP contribution in [0.25, 0.3) is 0 Å². The van der Waals surface area contributed by atoms with Crippen molar-refractivity contribution in [3.8, 4) is 0 Å². The van der Waals surface area contributed by atoms with Gasteiger partial charge in [0.25, 0.3) is 0 Å². The van der Waals surface area contributed by atoms with Crippen molar-refractivity contribution in [1.82, 2.24) is 4.53 Å². The highest BCUT2D eigenvalue weighted by atomic mass is 35.5. The van der Waals surface area contributed by atoms with Crippen LogP contribution in [-0.2, 0) is 6.54 Å². The monoisotopic (exact) mass is 251 g/mol. The molecule has 0 radical (unpaired) electrons. The van der Waals surface area contributed by atoms with Gasteiger partial charge in [-0.1, -0.05) is 27.7 Å². The third-order valence-corrected chi connectivity index (χ3v) is 2.72. The number of halogens is 3. The molecule has 74 valence electrons. The quantitative estimate of drug-likeness (QED) is 0.403. The molecule has 0 bridgehead atoms. The van der Waals surface area contributed by atoms with Crippen molar-refractivity contribution < 1.29 is 4.86 Å². The molecule has 0 aromatic heterocycles. The molecule has 2 rings (SSSR count). The van der Waals surface area contributed by atoms with Crippen molar-refractivity contribution in [2.24, 2.45) is 5.22 Å². The van der Waals surface area contributed by atoms with Gasteiger partial charge in [0.05, 0.1) is 10.0 Å². The molecular weight excluding hydrogens is 248 g/mol. The molecule has 0 N–H and O–H groups in total. The van der Waals surface area contributed by atoms with Gasteiger partial charge in [-0.15, -0.1) is 4.86 Å². The fourth-order valence-corrected chi connectivity index (χ4v) is 1.73. The zero-order valence-electron chi connectivity index (χ0n) is 6.75. The number of nitrogens with zero attached hydrogens (tertiary/aromatic N) is 3. The lowest BCUT2D eigenvalue weighted by Gasteiger charge is -2.17. The molecular formula is C7H4Cl3N3O. The highest BCUT2D eigenvalue weighted by Gasteiger charge is 2.22. The summed E-state index contributed by atoms with van der Waals surface area (Å²) < 4.78 is 1.01. The SMILES string of the molecule is [O-][N+]1=NN(Cl)Cc2cc(Cl)c(Cl)cc21. The summed E-state index contributed by atoms with van der Waals surface area (Å²) in [6, 6.07) is 3.08. The van der Waals surface area contributed by atoms with Gasteiger partial charge in [0.2, 0.25) is 0 Å². The van der Waals surface area contributed by atoms with Crippen LogP contribution in [0.5, 0.6) is 0 Å². The van der Waals surface area contributed by atoms with Crippen molar-refractivity contribution in [2.75, 3.05) is 0 Å². The number of rotatable bonds is 0. The highest BCUT2D eigenvalue weighted by molar-refractivity contribution is 6.42. The lowest BCUT2D eigenvalue weighted by Crippen LogP contribution is -2.15. The predicted molar refractivity (Wildman–Crippen MR) is 53.6 cm³/mol. The average Bonchev–Trinajstić information content (AvgIpc) is 2.08. The summed E-state index contributed by atoms with van der Waals surface area (Å²) in [5, 5.41) is 15.5. The molecule has 1 aliphatic heterocycles. The second kappa shape index (κ2) is 3.46. The molecule has 0 unspecified atom stereocenters. The van der Waals surface area contributed by atoms with Crippen LogP contribution >= 0.6 is 35.0 Å². The van der Waals surface area contributed by atoms with Crippen molar-refractivity contribution in [2.45, 2.75) is 6.54 Å². The largest absolute Gasteiger partial charge is 0.691 e. The Bertz CT molecular complexity index is 421. The van der Waals surface area contributed by atoms with Gasteiger partial charge in [-0.2, -0.15) is 0 Å². The molecule has 14 heavy (non-hydrogen) atoms. The summed E-state index contributed by atoms with van der Waals surface area (Å²) in [5.41, 5.74) is 1.07. The van der Waals surface area contributed by atoms with Crippen LogP contribution in [0.15, 0.2) is 17.4 Å². The Hall–Kier alpha value is -0.710. The maximum atomic E-state index is 11.3. The van der Waals surface area contributed by atoms with Crippen molar-refractivity contribution in [3.05, 3.63) is 32.9 Å². The number of benzene rings is 1. The zero-order valence-corrected chi connectivity index (χ0v) is 9.01. The van der Waals surface area contributed by atoms with E-state index in [1.165, 1.54) is 6.07 Å². The Morgan fingerprint density at radius 1 is 1.36 bits per heavy atom. The van der Waals surface area contributed by atoms with Crippen LogP contribution in [0.1, 0.15) is 5.56 Å². The molecule has 0 saturated carbocycles. The second-order valence-electron chi connectivity index (χ2n) is 2.75. The highest BCUT2D eigenvalue weighted by Crippen LogP contribution is 2.33. The van der Waals surface area contributed by atoms with Crippen LogP contribution < -0.4 is 0 Å². The topological polar surface area (TPSA) is 41.7 Å². The Labute approximate surface area is 94.9 Å². The molecule has 1 aromatic carbocycles. The van der Waals surface area contributed by atoms with E-state index in [1.54, 1.807) is 6.07 Å². The molecule has 1 aromatic rings. The van der Waals surface area contributed by atoms with Gasteiger partial charge in [0.1, 0.15) is 5.22 Å². The van der Waals surface area contributed by atoms with Crippen molar-refractivity contribution >= 4 is 40.7 Å². The fourth-order valence-electron chi connectivity index (χ4n) is 1.19. The van der Waals surface area contributed by atoms with Gasteiger partial charge in [0, 0.05) is 11.6 Å². The molecule has 0 aliphatic carbocycles. The lowest BCUT2D eigenvalue weighted by molar-refractivity contribution is -0.463. The average molecular weight is 252 g/mol. The van der Waals surface area contributed by atoms with E-state index in [0.29, 0.717) is 32.7 Å². The van der Waals surface area contributed by atoms with E-state index >= 15 is 0 Å². The van der Waals surface area contributed by atoms with Crippen molar-refractivity contribution in [1.29, 1.82) is 0 Å². The Kier molecular flexibility index (Phi) is 2.43. The van der Waals surface area contributed by atoms with E-state index in [4.69, 9.17) is 35.0 Å². The third kappa shape index (κ3) is 1.61. The summed E-state index contributed by atoms with van der Waals surface area (Å²) in [4.78, 5) is 0.411. The Morgan fingerprint density at radius 2 is 2.00 bits per heavy atom. The van der Waals surface area contributed by atoms with Gasteiger partial charge >= 0.3 is 0 Å². The summed E-state index contributed by atoms with van der Waals surface area (Å²) >= 11 is 17.1. The van der Waals surface area contributed by atoms with Gasteiger partial charge in [0.15, 0.2) is 24.0 Å². The first kappa shape index (κ1) is 9.83. The smallest absolute Gasteiger partial charge is 0.164 e. The first-order valence-corrected chi connectivity index (χ1v) is 4.77. The van der Waals surface area contributed by atoms with Crippen LogP contribution in [0.2, 0.25) is 10.0 Å². The molecule has 1 aliphatic rings. The number of hydrogen-bond acceptors (Lipinski definition) is 3. The molecule has 0 spiro atoms. The minimum absolute atomic E-state index is 0.324. The van der Waals surface area contributed by atoms with Crippen LogP contribution in [0, 0.1) is 5.21 Å². The van der Waals surface area contributed by atoms with Gasteiger partial charge in [-0.3, -0.25) is 0 Å². The molecule has 1 heterocycles. The first-order valence-electron chi connectivity index (χ1n) is 3.68.